The van der Waals surface area contributed by atoms with Gasteiger partial charge in [0, 0.05) is 21.9 Å². The molecule has 1 atom stereocenters. The first kappa shape index (κ1) is 15.5. The van der Waals surface area contributed by atoms with Gasteiger partial charge in [0.25, 0.3) is 0 Å². The van der Waals surface area contributed by atoms with Gasteiger partial charge in [0.1, 0.15) is 0 Å². The summed E-state index contributed by atoms with van der Waals surface area (Å²) >= 11 is 1.84. The van der Waals surface area contributed by atoms with Crippen molar-refractivity contribution in [3.05, 3.63) is 42.5 Å². The maximum Gasteiger partial charge on any atom is 0.309 e. The highest BCUT2D eigenvalue weighted by Gasteiger charge is 2.26. The molecular formula is C18H21BO2S. The molecule has 0 fully saturated rings. The smallest absolute Gasteiger partial charge is 0.309 e. The molecule has 2 aromatic carbocycles. The molecule has 0 aliphatic rings. The Labute approximate surface area is 136 Å². The van der Waals surface area contributed by atoms with Crippen molar-refractivity contribution in [2.45, 2.75) is 32.5 Å². The number of rotatable bonds is 5. The Morgan fingerprint density at radius 3 is 2.55 bits per heavy atom. The molecule has 0 aliphatic heterocycles. The third-order valence-corrected chi connectivity index (χ3v) is 5.54. The first-order valence-electron chi connectivity index (χ1n) is 7.58. The highest BCUT2D eigenvalue weighted by Crippen LogP contribution is 2.32. The third kappa shape index (κ3) is 2.91. The first-order valence-corrected chi connectivity index (χ1v) is 8.40. The minimum absolute atomic E-state index is 0.0539. The third-order valence-electron chi connectivity index (χ3n) is 4.38. The van der Waals surface area contributed by atoms with E-state index in [4.69, 9.17) is 9.39 Å². The van der Waals surface area contributed by atoms with Gasteiger partial charge in [-0.25, -0.2) is 0 Å². The number of hydrogen-bond acceptors (Lipinski definition) is 3. The number of fused-ring (bicyclic) bond motifs is 3. The lowest BCUT2D eigenvalue weighted by Crippen LogP contribution is -2.41. The van der Waals surface area contributed by atoms with Gasteiger partial charge in [0.2, 0.25) is 0 Å². The Bertz CT molecular complexity index is 794. The average molecular weight is 312 g/mol. The fourth-order valence-electron chi connectivity index (χ4n) is 2.53. The monoisotopic (exact) mass is 312 g/mol. The summed E-state index contributed by atoms with van der Waals surface area (Å²) in [5.74, 6) is 0. The molecule has 3 rings (SSSR count). The Hall–Kier alpha value is -1.36. The van der Waals surface area contributed by atoms with Crippen LogP contribution in [0.25, 0.3) is 20.2 Å². The van der Waals surface area contributed by atoms with Crippen molar-refractivity contribution in [3.8, 4) is 0 Å². The minimum atomic E-state index is -0.305. The van der Waals surface area contributed by atoms with Crippen molar-refractivity contribution >= 4 is 44.5 Å². The van der Waals surface area contributed by atoms with E-state index in [0.29, 0.717) is 7.48 Å². The predicted octanol–water partition coefficient (Wildman–Crippen LogP) is 3.86. The number of benzene rings is 2. The van der Waals surface area contributed by atoms with Gasteiger partial charge in [0.05, 0.1) is 11.7 Å². The molecule has 2 nitrogen and oxygen atoms in total. The lowest BCUT2D eigenvalue weighted by Gasteiger charge is -2.31. The average Bonchev–Trinajstić information content (AvgIpc) is 2.90. The van der Waals surface area contributed by atoms with Gasteiger partial charge < -0.3 is 9.39 Å². The first-order chi connectivity index (χ1) is 10.5. The number of methoxy groups -OCH3 is 1. The normalized spacial score (nSPS) is 13.6. The van der Waals surface area contributed by atoms with Crippen molar-refractivity contribution in [3.63, 3.8) is 0 Å². The van der Waals surface area contributed by atoms with Crippen LogP contribution in [0, 0.1) is 0 Å². The molecule has 0 radical (unpaired) electrons. The van der Waals surface area contributed by atoms with Crippen LogP contribution in [-0.4, -0.2) is 26.3 Å². The largest absolute Gasteiger partial charge is 0.427 e. The molecular weight excluding hydrogens is 291 g/mol. The molecule has 22 heavy (non-hydrogen) atoms. The summed E-state index contributed by atoms with van der Waals surface area (Å²) in [5, 5.41) is 2.65. The number of hydrogen-bond donors (Lipinski definition) is 0. The van der Waals surface area contributed by atoms with Crippen LogP contribution in [0.4, 0.5) is 0 Å². The van der Waals surface area contributed by atoms with E-state index in [2.05, 4.69) is 56.3 Å². The van der Waals surface area contributed by atoms with Crippen LogP contribution >= 0.6 is 11.3 Å². The van der Waals surface area contributed by atoms with Gasteiger partial charge in [-0.3, -0.25) is 0 Å². The van der Waals surface area contributed by atoms with E-state index in [1.54, 1.807) is 7.11 Å². The fraction of sp³-hybridized carbons (Fsp3) is 0.333. The quantitative estimate of drug-likeness (QED) is 0.666. The Balaban J connectivity index is 1.87. The van der Waals surface area contributed by atoms with Crippen LogP contribution in [0.2, 0.25) is 0 Å². The number of ether oxygens (including phenoxy) is 1. The molecule has 4 heteroatoms. The molecule has 0 N–H and O–H groups in total. The fourth-order valence-corrected chi connectivity index (χ4v) is 3.62. The summed E-state index contributed by atoms with van der Waals surface area (Å²) in [6, 6.07) is 15.2. The summed E-state index contributed by atoms with van der Waals surface area (Å²) in [5.41, 5.74) is 0.896. The van der Waals surface area contributed by atoms with Crippen molar-refractivity contribution in [1.82, 2.24) is 0 Å². The molecule has 0 aliphatic carbocycles. The molecule has 1 aromatic heterocycles. The maximum atomic E-state index is 6.08. The minimum Gasteiger partial charge on any atom is -0.427 e. The van der Waals surface area contributed by atoms with Gasteiger partial charge in [-0.05, 0) is 38.3 Å². The zero-order chi connectivity index (χ0) is 15.7. The van der Waals surface area contributed by atoms with Crippen LogP contribution < -0.4 is 5.46 Å². The zero-order valence-corrected chi connectivity index (χ0v) is 14.4. The summed E-state index contributed by atoms with van der Waals surface area (Å²) in [6.45, 7) is 6.18. The molecule has 114 valence electrons. The van der Waals surface area contributed by atoms with Gasteiger partial charge in [-0.15, -0.1) is 11.3 Å². The van der Waals surface area contributed by atoms with E-state index in [0.717, 1.165) is 0 Å². The molecule has 1 unspecified atom stereocenters. The van der Waals surface area contributed by atoms with E-state index >= 15 is 0 Å². The predicted molar refractivity (Wildman–Crippen MR) is 97.7 cm³/mol. The summed E-state index contributed by atoms with van der Waals surface area (Å²) in [6.07, 6.45) is 0.0539. The number of thiophene rings is 1. The standard InChI is InChI=1S/C18H21BO2S/c1-12(20-4)18(2,3)21-19-13-9-10-17-15(11-13)14-7-5-6-8-16(14)22-17/h5-12,19H,1-4H3. The van der Waals surface area contributed by atoms with Crippen molar-refractivity contribution in [2.24, 2.45) is 0 Å². The molecule has 0 spiro atoms. The lowest BCUT2D eigenvalue weighted by atomic mass is 9.85. The Morgan fingerprint density at radius 1 is 1.05 bits per heavy atom. The second-order valence-corrected chi connectivity index (χ2v) is 7.28. The Kier molecular flexibility index (Phi) is 4.26. The van der Waals surface area contributed by atoms with Crippen LogP contribution in [0.1, 0.15) is 20.8 Å². The van der Waals surface area contributed by atoms with Gasteiger partial charge in [0.15, 0.2) is 0 Å². The van der Waals surface area contributed by atoms with E-state index in [1.165, 1.54) is 25.6 Å². The van der Waals surface area contributed by atoms with E-state index in [1.807, 2.05) is 18.3 Å². The summed E-state index contributed by atoms with van der Waals surface area (Å²) in [7, 11) is 2.32. The topological polar surface area (TPSA) is 18.5 Å². The maximum absolute atomic E-state index is 6.08. The van der Waals surface area contributed by atoms with Crippen LogP contribution in [0.3, 0.4) is 0 Å². The van der Waals surface area contributed by atoms with Crippen LogP contribution in [0.15, 0.2) is 42.5 Å². The van der Waals surface area contributed by atoms with Gasteiger partial charge in [-0.1, -0.05) is 35.8 Å². The second-order valence-electron chi connectivity index (χ2n) is 6.20. The van der Waals surface area contributed by atoms with Gasteiger partial charge in [-0.2, -0.15) is 0 Å². The molecule has 3 aromatic rings. The SMILES string of the molecule is COC(C)C(C)(C)OBc1ccc2sc3ccccc3c2c1. The van der Waals surface area contributed by atoms with Crippen molar-refractivity contribution in [1.29, 1.82) is 0 Å². The van der Waals surface area contributed by atoms with E-state index in [-0.39, 0.29) is 11.7 Å². The van der Waals surface area contributed by atoms with Crippen LogP contribution in [0.5, 0.6) is 0 Å². The second kappa shape index (κ2) is 6.03. The van der Waals surface area contributed by atoms with Crippen molar-refractivity contribution < 1.29 is 9.39 Å². The highest BCUT2D eigenvalue weighted by atomic mass is 32.1. The summed E-state index contributed by atoms with van der Waals surface area (Å²) in [4.78, 5) is 0. The Morgan fingerprint density at radius 2 is 1.77 bits per heavy atom. The molecule has 0 bridgehead atoms. The molecule has 0 amide bonds. The van der Waals surface area contributed by atoms with Crippen molar-refractivity contribution in [2.75, 3.05) is 7.11 Å². The van der Waals surface area contributed by atoms with E-state index < -0.39 is 0 Å². The highest BCUT2D eigenvalue weighted by molar-refractivity contribution is 7.25. The lowest BCUT2D eigenvalue weighted by molar-refractivity contribution is -0.0402. The van der Waals surface area contributed by atoms with Crippen LogP contribution in [-0.2, 0) is 9.39 Å². The van der Waals surface area contributed by atoms with Gasteiger partial charge >= 0.3 is 7.48 Å². The molecule has 0 saturated carbocycles. The molecule has 0 saturated heterocycles. The summed E-state index contributed by atoms with van der Waals surface area (Å²) < 4.78 is 14.1. The molecule has 1 heterocycles. The zero-order valence-electron chi connectivity index (χ0n) is 13.6. The van der Waals surface area contributed by atoms with E-state index in [9.17, 15) is 0 Å².